The van der Waals surface area contributed by atoms with E-state index >= 15 is 0 Å². The van der Waals surface area contributed by atoms with E-state index in [1.807, 2.05) is 54.6 Å². The summed E-state index contributed by atoms with van der Waals surface area (Å²) in [4.78, 5) is 17.6. The van der Waals surface area contributed by atoms with Crippen LogP contribution in [0.2, 0.25) is 5.02 Å². The number of carbonyl (C=O) groups is 1. The van der Waals surface area contributed by atoms with Gasteiger partial charge in [0.25, 0.3) is 5.91 Å². The van der Waals surface area contributed by atoms with Crippen LogP contribution in [0.5, 0.6) is 0 Å². The van der Waals surface area contributed by atoms with Crippen LogP contribution >= 0.6 is 11.6 Å². The van der Waals surface area contributed by atoms with E-state index in [0.717, 1.165) is 22.2 Å². The minimum absolute atomic E-state index is 0.120. The molecule has 1 saturated heterocycles. The molecule has 166 valence electrons. The van der Waals surface area contributed by atoms with Crippen LogP contribution in [-0.2, 0) is 10.0 Å². The third-order valence-electron chi connectivity index (χ3n) is 5.60. The molecule has 1 fully saturated rings. The third-order valence-corrected chi connectivity index (χ3v) is 7.78. The Morgan fingerprint density at radius 3 is 2.61 bits per heavy atom. The smallest absolute Gasteiger partial charge is 0.257 e. The lowest BCUT2D eigenvalue weighted by Crippen LogP contribution is -2.25. The molecule has 4 aromatic rings. The summed E-state index contributed by atoms with van der Waals surface area (Å²) in [5.74, 6) is -0.255. The summed E-state index contributed by atoms with van der Waals surface area (Å²) in [5, 5.41) is 4.12. The Labute approximate surface area is 196 Å². The fraction of sp³-hybridized carbons (Fsp3) is 0.120. The minimum Gasteiger partial charge on any atom is -0.322 e. The standard InChI is InChI=1S/C25H20ClN3O3S/c26-22-16-20(29-13-4-14-33(29,31)32)10-11-21(22)25(30)27-19-7-3-6-18(15-19)24-12-9-17-5-1-2-8-23(17)28-24/h1-3,5-12,15-16H,4,13-14H2,(H,27,30). The van der Waals surface area contributed by atoms with Crippen LogP contribution in [0.15, 0.2) is 78.9 Å². The van der Waals surface area contributed by atoms with Gasteiger partial charge < -0.3 is 5.32 Å². The number of nitrogens with zero attached hydrogens (tertiary/aromatic N) is 2. The summed E-state index contributed by atoms with van der Waals surface area (Å²) in [5.41, 5.74) is 3.92. The maximum atomic E-state index is 12.9. The van der Waals surface area contributed by atoms with Gasteiger partial charge in [-0.1, -0.05) is 48.0 Å². The van der Waals surface area contributed by atoms with E-state index in [0.29, 0.717) is 24.3 Å². The van der Waals surface area contributed by atoms with Gasteiger partial charge in [-0.2, -0.15) is 0 Å². The van der Waals surface area contributed by atoms with Crippen molar-refractivity contribution < 1.29 is 13.2 Å². The lowest BCUT2D eigenvalue weighted by Gasteiger charge is -2.18. The highest BCUT2D eigenvalue weighted by molar-refractivity contribution is 7.93. The lowest BCUT2D eigenvalue weighted by atomic mass is 10.1. The van der Waals surface area contributed by atoms with Crippen LogP contribution in [0.4, 0.5) is 11.4 Å². The van der Waals surface area contributed by atoms with E-state index in [9.17, 15) is 13.2 Å². The predicted octanol–water partition coefficient (Wildman–Crippen LogP) is 5.35. The molecule has 5 rings (SSSR count). The summed E-state index contributed by atoms with van der Waals surface area (Å²) in [7, 11) is -3.32. The summed E-state index contributed by atoms with van der Waals surface area (Å²) in [6.07, 6.45) is 0.574. The second-order valence-corrected chi connectivity index (χ2v) is 10.3. The number of hydrogen-bond acceptors (Lipinski definition) is 4. The Kier molecular flexibility index (Phi) is 5.52. The SMILES string of the molecule is O=C(Nc1cccc(-c2ccc3ccccc3n2)c1)c1ccc(N2CCCS2(=O)=O)cc1Cl. The molecule has 1 amide bonds. The van der Waals surface area contributed by atoms with Crippen molar-refractivity contribution >= 4 is 49.8 Å². The Morgan fingerprint density at radius 1 is 0.970 bits per heavy atom. The zero-order valence-electron chi connectivity index (χ0n) is 17.5. The second-order valence-electron chi connectivity index (χ2n) is 7.83. The number of fused-ring (bicyclic) bond motifs is 1. The number of nitrogens with one attached hydrogen (secondary N) is 1. The van der Waals surface area contributed by atoms with Gasteiger partial charge in [0.2, 0.25) is 10.0 Å². The van der Waals surface area contributed by atoms with Gasteiger partial charge in [0, 0.05) is 23.2 Å². The summed E-state index contributed by atoms with van der Waals surface area (Å²) in [6.45, 7) is 0.416. The first-order valence-electron chi connectivity index (χ1n) is 10.5. The summed E-state index contributed by atoms with van der Waals surface area (Å²) < 4.78 is 25.6. The van der Waals surface area contributed by atoms with E-state index in [-0.39, 0.29) is 22.2 Å². The van der Waals surface area contributed by atoms with Crippen molar-refractivity contribution in [3.05, 3.63) is 89.4 Å². The molecule has 1 N–H and O–H groups in total. The van der Waals surface area contributed by atoms with E-state index in [1.165, 1.54) is 10.4 Å². The Balaban J connectivity index is 1.38. The summed E-state index contributed by atoms with van der Waals surface area (Å²) >= 11 is 6.35. The fourth-order valence-corrected chi connectivity index (χ4v) is 5.77. The molecule has 0 aliphatic carbocycles. The van der Waals surface area contributed by atoms with Gasteiger partial charge in [0.05, 0.1) is 33.2 Å². The molecule has 0 unspecified atom stereocenters. The molecule has 1 aromatic heterocycles. The van der Waals surface area contributed by atoms with Crippen molar-refractivity contribution in [3.8, 4) is 11.3 Å². The molecule has 6 nitrogen and oxygen atoms in total. The topological polar surface area (TPSA) is 79.4 Å². The van der Waals surface area contributed by atoms with Crippen molar-refractivity contribution in [2.45, 2.75) is 6.42 Å². The molecule has 33 heavy (non-hydrogen) atoms. The van der Waals surface area contributed by atoms with Crippen LogP contribution in [-0.4, -0.2) is 31.6 Å². The first-order valence-corrected chi connectivity index (χ1v) is 12.5. The number of amides is 1. The van der Waals surface area contributed by atoms with Crippen LogP contribution in [0, 0.1) is 0 Å². The average molecular weight is 478 g/mol. The molecule has 0 bridgehead atoms. The first kappa shape index (κ1) is 21.4. The molecule has 2 heterocycles. The molecule has 1 aliphatic heterocycles. The number of hydrogen-bond donors (Lipinski definition) is 1. The van der Waals surface area contributed by atoms with Crippen molar-refractivity contribution in [2.24, 2.45) is 0 Å². The lowest BCUT2D eigenvalue weighted by molar-refractivity contribution is 0.102. The van der Waals surface area contributed by atoms with Crippen molar-refractivity contribution in [1.82, 2.24) is 4.98 Å². The molecule has 0 saturated carbocycles. The van der Waals surface area contributed by atoms with Gasteiger partial charge >= 0.3 is 0 Å². The molecule has 8 heteroatoms. The second kappa shape index (κ2) is 8.50. The van der Waals surface area contributed by atoms with E-state index < -0.39 is 10.0 Å². The van der Waals surface area contributed by atoms with Gasteiger partial charge in [0.15, 0.2) is 0 Å². The Morgan fingerprint density at radius 2 is 1.82 bits per heavy atom. The minimum atomic E-state index is -3.32. The van der Waals surface area contributed by atoms with Crippen LogP contribution in [0.25, 0.3) is 22.2 Å². The predicted molar refractivity (Wildman–Crippen MR) is 132 cm³/mol. The fourth-order valence-electron chi connectivity index (χ4n) is 3.95. The third kappa shape index (κ3) is 4.29. The van der Waals surface area contributed by atoms with Gasteiger partial charge in [-0.05, 0) is 48.9 Å². The number of aromatic nitrogens is 1. The largest absolute Gasteiger partial charge is 0.322 e. The highest BCUT2D eigenvalue weighted by Crippen LogP contribution is 2.30. The highest BCUT2D eigenvalue weighted by Gasteiger charge is 2.29. The van der Waals surface area contributed by atoms with Crippen molar-refractivity contribution in [2.75, 3.05) is 21.9 Å². The highest BCUT2D eigenvalue weighted by atomic mass is 35.5. The molecule has 0 spiro atoms. The van der Waals surface area contributed by atoms with Gasteiger partial charge in [-0.25, -0.2) is 13.4 Å². The zero-order chi connectivity index (χ0) is 23.0. The molecule has 0 atom stereocenters. The Hall–Kier alpha value is -3.42. The number of halogens is 1. The van der Waals surface area contributed by atoms with Gasteiger partial charge in [-0.3, -0.25) is 9.10 Å². The normalized spacial score (nSPS) is 15.0. The number of anilines is 2. The van der Waals surface area contributed by atoms with E-state index in [4.69, 9.17) is 16.6 Å². The van der Waals surface area contributed by atoms with Crippen LogP contribution in [0.1, 0.15) is 16.8 Å². The molecule has 3 aromatic carbocycles. The van der Waals surface area contributed by atoms with Crippen LogP contribution < -0.4 is 9.62 Å². The van der Waals surface area contributed by atoms with E-state index in [2.05, 4.69) is 5.32 Å². The van der Waals surface area contributed by atoms with Crippen LogP contribution in [0.3, 0.4) is 0 Å². The number of pyridine rings is 1. The number of para-hydroxylation sites is 1. The zero-order valence-corrected chi connectivity index (χ0v) is 19.1. The molecule has 0 radical (unpaired) electrons. The van der Waals surface area contributed by atoms with Gasteiger partial charge in [-0.15, -0.1) is 0 Å². The maximum Gasteiger partial charge on any atom is 0.257 e. The van der Waals surface area contributed by atoms with Gasteiger partial charge in [0.1, 0.15) is 0 Å². The summed E-state index contributed by atoms with van der Waals surface area (Å²) in [6, 6.07) is 24.0. The number of sulfonamides is 1. The maximum absolute atomic E-state index is 12.9. The van der Waals surface area contributed by atoms with E-state index in [1.54, 1.807) is 18.2 Å². The van der Waals surface area contributed by atoms with Crippen molar-refractivity contribution in [3.63, 3.8) is 0 Å². The Bertz CT molecular complexity index is 1490. The number of rotatable bonds is 4. The number of benzene rings is 3. The molecular weight excluding hydrogens is 458 g/mol. The average Bonchev–Trinajstić information content (AvgIpc) is 3.17. The number of carbonyl (C=O) groups excluding carboxylic acids is 1. The first-order chi connectivity index (χ1) is 15.9. The monoisotopic (exact) mass is 477 g/mol. The van der Waals surface area contributed by atoms with Crippen molar-refractivity contribution in [1.29, 1.82) is 0 Å². The molecule has 1 aliphatic rings. The molecular formula is C25H20ClN3O3S. The quantitative estimate of drug-likeness (QED) is 0.430.